The number of hydrogen-bond donors (Lipinski definition) is 2. The fourth-order valence-electron chi connectivity index (χ4n) is 4.89. The topological polar surface area (TPSA) is 79.1 Å². The van der Waals surface area contributed by atoms with E-state index in [4.69, 9.17) is 0 Å². The van der Waals surface area contributed by atoms with Gasteiger partial charge in [0.1, 0.15) is 23.6 Å². The molecule has 0 radical (unpaired) electrons. The molecule has 3 aromatic rings. The molecule has 168 valence electrons. The number of aryl methyl sites for hydroxylation is 1. The van der Waals surface area contributed by atoms with E-state index >= 15 is 4.39 Å². The highest BCUT2D eigenvalue weighted by Crippen LogP contribution is 2.35. The van der Waals surface area contributed by atoms with Crippen LogP contribution in [0.1, 0.15) is 25.7 Å². The molecule has 4 heterocycles. The number of phenolic OH excluding ortho intramolecular Hbond substituents is 1. The summed E-state index contributed by atoms with van der Waals surface area (Å²) in [6.45, 7) is 0. The van der Waals surface area contributed by atoms with Gasteiger partial charge in [0.25, 0.3) is 0 Å². The lowest BCUT2D eigenvalue weighted by molar-refractivity contribution is 0.107. The lowest BCUT2D eigenvalue weighted by Crippen LogP contribution is -2.61. The van der Waals surface area contributed by atoms with Gasteiger partial charge in [-0.1, -0.05) is 6.42 Å². The van der Waals surface area contributed by atoms with Crippen LogP contribution in [-0.4, -0.2) is 56.2 Å². The molecule has 2 fully saturated rings. The number of aromatic hydroxyl groups is 1. The first-order valence-corrected chi connectivity index (χ1v) is 10.9. The fourth-order valence-corrected chi connectivity index (χ4v) is 4.89. The number of benzene rings is 1. The lowest BCUT2D eigenvalue weighted by atomic mass is 9.82. The summed E-state index contributed by atoms with van der Waals surface area (Å²) in [6.07, 6.45) is 7.46. The average Bonchev–Trinajstić information content (AvgIpc) is 3.23. The number of anilines is 1. The predicted octanol–water partition coefficient (Wildman–Crippen LogP) is 3.45. The summed E-state index contributed by atoms with van der Waals surface area (Å²) in [5.41, 5.74) is 1.22. The molecule has 0 spiro atoms. The quantitative estimate of drug-likeness (QED) is 0.647. The molecule has 1 aromatic carbocycles. The number of alkyl halides is 1. The van der Waals surface area contributed by atoms with Crippen molar-refractivity contribution < 1.29 is 13.9 Å². The lowest BCUT2D eigenvalue weighted by Gasteiger charge is -2.46. The maximum atomic E-state index is 15.0. The van der Waals surface area contributed by atoms with Crippen LogP contribution in [0.5, 0.6) is 5.75 Å². The van der Waals surface area contributed by atoms with Crippen LogP contribution in [0.2, 0.25) is 0 Å². The van der Waals surface area contributed by atoms with E-state index < -0.39 is 12.0 Å². The van der Waals surface area contributed by atoms with Gasteiger partial charge < -0.3 is 15.3 Å². The highest BCUT2D eigenvalue weighted by Gasteiger charge is 2.41. The average molecular weight is 440 g/mol. The summed E-state index contributed by atoms with van der Waals surface area (Å²) >= 11 is 0. The number of rotatable bonds is 4. The second-order valence-electron chi connectivity index (χ2n) is 8.74. The van der Waals surface area contributed by atoms with Crippen molar-refractivity contribution in [2.75, 3.05) is 11.9 Å². The van der Waals surface area contributed by atoms with Crippen molar-refractivity contribution in [1.82, 2.24) is 25.1 Å². The monoisotopic (exact) mass is 440 g/mol. The number of hydrogen-bond acceptors (Lipinski definition) is 6. The summed E-state index contributed by atoms with van der Waals surface area (Å²) in [5.74, 6) is -0.0788. The molecule has 2 aliphatic rings. The van der Waals surface area contributed by atoms with Gasteiger partial charge in [-0.05, 0) is 37.5 Å². The Balaban J connectivity index is 1.38. The van der Waals surface area contributed by atoms with E-state index in [1.807, 2.05) is 11.9 Å². The Labute approximate surface area is 185 Å². The summed E-state index contributed by atoms with van der Waals surface area (Å²) in [7, 11) is 3.58. The van der Waals surface area contributed by atoms with Crippen molar-refractivity contribution in [3.63, 3.8) is 0 Å². The number of nitrogens with one attached hydrogen (secondary N) is 1. The Hall–Kier alpha value is -3.07. The normalized spacial score (nSPS) is 25.0. The van der Waals surface area contributed by atoms with Gasteiger partial charge in [-0.2, -0.15) is 5.10 Å². The zero-order valence-corrected chi connectivity index (χ0v) is 18.0. The number of piperidine rings is 2. The van der Waals surface area contributed by atoms with Crippen molar-refractivity contribution >= 4 is 5.82 Å². The molecular formula is C23H26F2N6O. The van der Waals surface area contributed by atoms with Crippen molar-refractivity contribution in [2.24, 2.45) is 7.05 Å². The van der Waals surface area contributed by atoms with Crippen LogP contribution in [0.25, 0.3) is 22.5 Å². The van der Waals surface area contributed by atoms with Gasteiger partial charge >= 0.3 is 0 Å². The number of halogens is 2. The minimum atomic E-state index is -0.977. The van der Waals surface area contributed by atoms with Crippen molar-refractivity contribution in [3.8, 4) is 28.3 Å². The second kappa shape index (κ2) is 8.12. The van der Waals surface area contributed by atoms with Crippen LogP contribution < -0.4 is 10.2 Å². The Kier molecular flexibility index (Phi) is 5.28. The smallest absolute Gasteiger partial charge is 0.147 e. The molecule has 0 aliphatic carbocycles. The minimum Gasteiger partial charge on any atom is -0.507 e. The van der Waals surface area contributed by atoms with E-state index in [1.165, 1.54) is 18.3 Å². The van der Waals surface area contributed by atoms with Crippen LogP contribution in [0.4, 0.5) is 14.6 Å². The first-order valence-electron chi connectivity index (χ1n) is 10.9. The third-order valence-corrected chi connectivity index (χ3v) is 6.64. The Morgan fingerprint density at radius 2 is 2.00 bits per heavy atom. The molecule has 32 heavy (non-hydrogen) atoms. The molecule has 0 amide bonds. The maximum Gasteiger partial charge on any atom is 0.147 e. The largest absolute Gasteiger partial charge is 0.507 e. The van der Waals surface area contributed by atoms with Crippen molar-refractivity contribution in [2.45, 2.75) is 50.0 Å². The number of nitrogens with zero attached hydrogens (tertiary/aromatic N) is 5. The highest BCUT2D eigenvalue weighted by molar-refractivity contribution is 5.73. The molecule has 2 aromatic heterocycles. The van der Waals surface area contributed by atoms with Crippen LogP contribution in [-0.2, 0) is 7.05 Å². The highest BCUT2D eigenvalue weighted by atomic mass is 19.1. The molecule has 2 aliphatic heterocycles. The molecule has 2 N–H and O–H groups in total. The van der Waals surface area contributed by atoms with Crippen LogP contribution in [0, 0.1) is 5.82 Å². The summed E-state index contributed by atoms with van der Waals surface area (Å²) in [4.78, 5) is 10.7. The van der Waals surface area contributed by atoms with Gasteiger partial charge in [0.2, 0.25) is 0 Å². The van der Waals surface area contributed by atoms with E-state index in [0.717, 1.165) is 25.7 Å². The number of aromatic nitrogens is 4. The molecule has 2 saturated heterocycles. The predicted molar refractivity (Wildman–Crippen MR) is 118 cm³/mol. The molecule has 4 atom stereocenters. The van der Waals surface area contributed by atoms with Crippen molar-refractivity contribution in [3.05, 3.63) is 42.6 Å². The zero-order chi connectivity index (χ0) is 22.4. The molecule has 7 nitrogen and oxygen atoms in total. The molecule has 0 saturated carbocycles. The van der Waals surface area contributed by atoms with Crippen LogP contribution in [0.15, 0.2) is 36.8 Å². The van der Waals surface area contributed by atoms with Gasteiger partial charge in [-0.3, -0.25) is 9.67 Å². The molecule has 9 heteroatoms. The molecular weight excluding hydrogens is 414 g/mol. The van der Waals surface area contributed by atoms with Gasteiger partial charge in [-0.15, -0.1) is 0 Å². The van der Waals surface area contributed by atoms with Crippen molar-refractivity contribution in [1.29, 1.82) is 0 Å². The first kappa shape index (κ1) is 20.8. The molecule has 1 unspecified atom stereocenters. The maximum absolute atomic E-state index is 15.0. The second-order valence-corrected chi connectivity index (χ2v) is 8.74. The van der Waals surface area contributed by atoms with Crippen LogP contribution in [0.3, 0.4) is 0 Å². The summed E-state index contributed by atoms with van der Waals surface area (Å²) in [6, 6.07) is 4.21. The van der Waals surface area contributed by atoms with E-state index in [-0.39, 0.29) is 29.0 Å². The van der Waals surface area contributed by atoms with E-state index in [9.17, 15) is 9.50 Å². The third-order valence-electron chi connectivity index (χ3n) is 6.64. The summed E-state index contributed by atoms with van der Waals surface area (Å²) in [5, 5.41) is 18.1. The standard InChI is InChI=1S/C23H26F2N6O/c1-30-7-6-17(29-30)14-10-21(32)15(9-16(14)24)19-11-27-22(12-26-19)31(2)20-8-13-4-3-5-18(28-13)23(20)25/h6-7,9-13,18,20,23,28,32H,3-5,8H2,1-2H3/t13-,18?,20-,23+/m0/s1. The van der Waals surface area contributed by atoms with E-state index in [0.29, 0.717) is 23.2 Å². The Bertz CT molecular complexity index is 1120. The Morgan fingerprint density at radius 1 is 1.16 bits per heavy atom. The SMILES string of the molecule is CN(c1cnc(-c2cc(F)c(-c3ccn(C)n3)cc2O)cn1)[C@H]1C[C@@H]2CCCC(N2)[C@H]1F. The third kappa shape index (κ3) is 3.70. The van der Waals surface area contributed by atoms with E-state index in [1.54, 1.807) is 30.2 Å². The number of fused-ring (bicyclic) bond motifs is 2. The van der Waals surface area contributed by atoms with Crippen LogP contribution >= 0.6 is 0 Å². The summed E-state index contributed by atoms with van der Waals surface area (Å²) < 4.78 is 31.4. The minimum absolute atomic E-state index is 0.111. The van der Waals surface area contributed by atoms with E-state index in [2.05, 4.69) is 20.4 Å². The molecule has 2 bridgehead atoms. The molecule has 5 rings (SSSR count). The van der Waals surface area contributed by atoms with Gasteiger partial charge in [0.15, 0.2) is 0 Å². The first-order chi connectivity index (χ1) is 15.4. The van der Waals surface area contributed by atoms with Gasteiger partial charge in [-0.25, -0.2) is 13.8 Å². The fraction of sp³-hybridized carbons (Fsp3) is 0.435. The zero-order valence-electron chi connectivity index (χ0n) is 18.0. The van der Waals surface area contributed by atoms with Gasteiger partial charge in [0.05, 0.1) is 29.8 Å². The van der Waals surface area contributed by atoms with Gasteiger partial charge in [0, 0.05) is 43.5 Å². The Morgan fingerprint density at radius 3 is 2.72 bits per heavy atom. The number of phenols is 1.